The van der Waals surface area contributed by atoms with Crippen LogP contribution < -0.4 is 0 Å². The fourth-order valence-corrected chi connectivity index (χ4v) is 1.35. The van der Waals surface area contributed by atoms with Gasteiger partial charge < -0.3 is 9.84 Å². The molecule has 0 amide bonds. The lowest BCUT2D eigenvalue weighted by Crippen LogP contribution is -2.01. The van der Waals surface area contributed by atoms with E-state index in [9.17, 15) is 0 Å². The first kappa shape index (κ1) is 11.8. The first-order chi connectivity index (χ1) is 7.18. The monoisotopic (exact) mass is 206 g/mol. The summed E-state index contributed by atoms with van der Waals surface area (Å²) in [5, 5.41) is 8.83. The second-order valence-corrected chi connectivity index (χ2v) is 3.67. The Morgan fingerprint density at radius 2 is 2.20 bits per heavy atom. The molecule has 0 saturated carbocycles. The van der Waals surface area contributed by atoms with Gasteiger partial charge in [0.1, 0.15) is 0 Å². The minimum atomic E-state index is 0.186. The molecule has 82 valence electrons. The zero-order valence-corrected chi connectivity index (χ0v) is 9.20. The molecule has 1 aromatic carbocycles. The largest absolute Gasteiger partial charge is 0.513 e. The van der Waals surface area contributed by atoms with Crippen LogP contribution in [0.3, 0.4) is 0 Å². The van der Waals surface area contributed by atoms with E-state index in [0.717, 1.165) is 6.42 Å². The van der Waals surface area contributed by atoms with Gasteiger partial charge in [-0.1, -0.05) is 36.4 Å². The maximum absolute atomic E-state index is 8.83. The van der Waals surface area contributed by atoms with Crippen molar-refractivity contribution in [3.05, 3.63) is 47.7 Å². The van der Waals surface area contributed by atoms with Crippen LogP contribution in [0.1, 0.15) is 17.5 Å². The van der Waals surface area contributed by atoms with Crippen molar-refractivity contribution >= 4 is 0 Å². The van der Waals surface area contributed by atoms with Crippen LogP contribution in [-0.4, -0.2) is 18.3 Å². The van der Waals surface area contributed by atoms with E-state index in [0.29, 0.717) is 19.6 Å². The molecule has 0 atom stereocenters. The Balaban J connectivity index is 2.17. The number of hydrogen-bond donors (Lipinski definition) is 1. The number of aliphatic hydroxyl groups is 1. The van der Waals surface area contributed by atoms with E-state index >= 15 is 0 Å². The van der Waals surface area contributed by atoms with Crippen LogP contribution in [0.4, 0.5) is 0 Å². The predicted octanol–water partition coefficient (Wildman–Crippen LogP) is 3.02. The fourth-order valence-electron chi connectivity index (χ4n) is 1.35. The van der Waals surface area contributed by atoms with E-state index < -0.39 is 0 Å². The second kappa shape index (κ2) is 6.25. The van der Waals surface area contributed by atoms with Crippen molar-refractivity contribution < 1.29 is 9.84 Å². The molecule has 0 unspecified atom stereocenters. The van der Waals surface area contributed by atoms with Gasteiger partial charge in [-0.25, -0.2) is 0 Å². The number of rotatable bonds is 6. The highest BCUT2D eigenvalue weighted by molar-refractivity contribution is 5.22. The quantitative estimate of drug-likeness (QED) is 0.572. The fraction of sp³-hybridized carbons (Fsp3) is 0.385. The molecule has 1 rings (SSSR count). The number of aliphatic hydroxyl groups excluding tert-OH is 1. The van der Waals surface area contributed by atoms with Gasteiger partial charge in [0.05, 0.1) is 19.0 Å². The predicted molar refractivity (Wildman–Crippen MR) is 62.1 cm³/mol. The molecule has 0 aromatic heterocycles. The van der Waals surface area contributed by atoms with Crippen molar-refractivity contribution in [2.75, 3.05) is 13.2 Å². The number of hydrogen-bond acceptors (Lipinski definition) is 2. The third-order valence-corrected chi connectivity index (χ3v) is 2.15. The Morgan fingerprint density at radius 3 is 2.87 bits per heavy atom. The van der Waals surface area contributed by atoms with Crippen LogP contribution in [0, 0.1) is 6.92 Å². The molecular weight excluding hydrogens is 188 g/mol. The van der Waals surface area contributed by atoms with Crippen molar-refractivity contribution in [3.8, 4) is 0 Å². The van der Waals surface area contributed by atoms with Gasteiger partial charge in [-0.3, -0.25) is 0 Å². The number of aryl methyl sites for hydroxylation is 1. The lowest BCUT2D eigenvalue weighted by atomic mass is 10.1. The Hall–Kier alpha value is -1.28. The van der Waals surface area contributed by atoms with Gasteiger partial charge in [0, 0.05) is 6.42 Å². The van der Waals surface area contributed by atoms with Gasteiger partial charge in [0.15, 0.2) is 0 Å². The summed E-state index contributed by atoms with van der Waals surface area (Å²) in [4.78, 5) is 0. The topological polar surface area (TPSA) is 29.5 Å². The van der Waals surface area contributed by atoms with Crippen LogP contribution in [0.5, 0.6) is 0 Å². The third kappa shape index (κ3) is 5.23. The highest BCUT2D eigenvalue weighted by atomic mass is 16.5. The summed E-state index contributed by atoms with van der Waals surface area (Å²) in [6.07, 6.45) is 1.44. The number of ether oxygens (including phenoxy) is 1. The summed E-state index contributed by atoms with van der Waals surface area (Å²) in [6.45, 7) is 6.72. The summed E-state index contributed by atoms with van der Waals surface area (Å²) >= 11 is 0. The molecule has 0 aliphatic rings. The molecule has 0 spiro atoms. The molecule has 15 heavy (non-hydrogen) atoms. The molecule has 0 aliphatic carbocycles. The molecule has 0 radical (unpaired) electrons. The SMILES string of the molecule is C=C(O)CCOCCc1cccc(C)c1. The Morgan fingerprint density at radius 1 is 1.40 bits per heavy atom. The lowest BCUT2D eigenvalue weighted by molar-refractivity contribution is 0.132. The Kier molecular flexibility index (Phi) is 4.91. The molecule has 1 aromatic rings. The molecule has 0 heterocycles. The van der Waals surface area contributed by atoms with Gasteiger partial charge in [-0.2, -0.15) is 0 Å². The summed E-state index contributed by atoms with van der Waals surface area (Å²) in [5.74, 6) is 0.186. The van der Waals surface area contributed by atoms with Crippen LogP contribution >= 0.6 is 0 Å². The van der Waals surface area contributed by atoms with Crippen LogP contribution in [0.15, 0.2) is 36.6 Å². The zero-order chi connectivity index (χ0) is 11.1. The van der Waals surface area contributed by atoms with Gasteiger partial charge >= 0.3 is 0 Å². The first-order valence-corrected chi connectivity index (χ1v) is 5.18. The Bertz CT molecular complexity index is 318. The lowest BCUT2D eigenvalue weighted by Gasteiger charge is -2.04. The number of benzene rings is 1. The summed E-state index contributed by atoms with van der Waals surface area (Å²) < 4.78 is 5.37. The van der Waals surface area contributed by atoms with Crippen molar-refractivity contribution in [3.63, 3.8) is 0 Å². The summed E-state index contributed by atoms with van der Waals surface area (Å²) in [6, 6.07) is 8.40. The van der Waals surface area contributed by atoms with E-state index in [1.165, 1.54) is 11.1 Å². The zero-order valence-electron chi connectivity index (χ0n) is 9.20. The van der Waals surface area contributed by atoms with E-state index in [1.54, 1.807) is 0 Å². The molecule has 2 heteroatoms. The maximum Gasteiger partial charge on any atom is 0.0874 e. The van der Waals surface area contributed by atoms with Crippen molar-refractivity contribution in [1.29, 1.82) is 0 Å². The second-order valence-electron chi connectivity index (χ2n) is 3.67. The van der Waals surface area contributed by atoms with E-state index in [1.807, 2.05) is 0 Å². The van der Waals surface area contributed by atoms with Gasteiger partial charge in [0.25, 0.3) is 0 Å². The van der Waals surface area contributed by atoms with E-state index in [-0.39, 0.29) is 5.76 Å². The van der Waals surface area contributed by atoms with Crippen LogP contribution in [0.2, 0.25) is 0 Å². The van der Waals surface area contributed by atoms with E-state index in [4.69, 9.17) is 9.84 Å². The highest BCUT2D eigenvalue weighted by Crippen LogP contribution is 2.04. The molecule has 0 fully saturated rings. The highest BCUT2D eigenvalue weighted by Gasteiger charge is 1.94. The summed E-state index contributed by atoms with van der Waals surface area (Å²) in [7, 11) is 0. The smallest absolute Gasteiger partial charge is 0.0874 e. The van der Waals surface area contributed by atoms with E-state index in [2.05, 4.69) is 37.8 Å². The molecule has 0 aliphatic heterocycles. The average molecular weight is 206 g/mol. The minimum absolute atomic E-state index is 0.186. The average Bonchev–Trinajstić information content (AvgIpc) is 2.17. The molecular formula is C13H18O2. The third-order valence-electron chi connectivity index (χ3n) is 2.15. The normalized spacial score (nSPS) is 10.2. The molecule has 2 nitrogen and oxygen atoms in total. The van der Waals surface area contributed by atoms with Gasteiger partial charge in [0.2, 0.25) is 0 Å². The molecule has 0 bridgehead atoms. The van der Waals surface area contributed by atoms with Gasteiger partial charge in [-0.15, -0.1) is 0 Å². The Labute approximate surface area is 91.2 Å². The van der Waals surface area contributed by atoms with Crippen molar-refractivity contribution in [1.82, 2.24) is 0 Å². The van der Waals surface area contributed by atoms with Gasteiger partial charge in [-0.05, 0) is 18.9 Å². The standard InChI is InChI=1S/C13H18O2/c1-11-4-3-5-13(10-11)7-9-15-8-6-12(2)14/h3-5,10,14H,2,6-9H2,1H3. The van der Waals surface area contributed by atoms with Crippen molar-refractivity contribution in [2.24, 2.45) is 0 Å². The van der Waals surface area contributed by atoms with Crippen molar-refractivity contribution in [2.45, 2.75) is 19.8 Å². The summed E-state index contributed by atoms with van der Waals surface area (Å²) in [5.41, 5.74) is 2.56. The van der Waals surface area contributed by atoms with Crippen LogP contribution in [0.25, 0.3) is 0 Å². The molecule has 0 saturated heterocycles. The molecule has 1 N–H and O–H groups in total. The van der Waals surface area contributed by atoms with Crippen LogP contribution in [-0.2, 0) is 11.2 Å². The maximum atomic E-state index is 8.83. The first-order valence-electron chi connectivity index (χ1n) is 5.18. The minimum Gasteiger partial charge on any atom is -0.513 e.